The third-order valence-electron chi connectivity index (χ3n) is 2.67. The van der Waals surface area contributed by atoms with Gasteiger partial charge in [-0.3, -0.25) is 0 Å². The average molecular weight is 195 g/mol. The van der Waals surface area contributed by atoms with E-state index in [1.165, 1.54) is 6.20 Å². The Morgan fingerprint density at radius 2 is 2.50 bits per heavy atom. The predicted octanol–water partition coefficient (Wildman–Crippen LogP) is 0.772. The number of ether oxygens (including phenoxy) is 1. The quantitative estimate of drug-likeness (QED) is 0.532. The maximum absolute atomic E-state index is 11.3. The number of aliphatic hydroxyl groups excluding tert-OH is 1. The Balaban J connectivity index is 2.41. The lowest BCUT2D eigenvalue weighted by molar-refractivity contribution is -0.614. The van der Waals surface area contributed by atoms with Gasteiger partial charge in [0.05, 0.1) is 18.3 Å². The first-order chi connectivity index (χ1) is 6.74. The predicted molar refractivity (Wildman–Crippen MR) is 49.6 cm³/mol. The van der Waals surface area contributed by atoms with Crippen LogP contribution in [0.15, 0.2) is 18.3 Å². The molecule has 0 aromatic carbocycles. The van der Waals surface area contributed by atoms with Gasteiger partial charge in [0.2, 0.25) is 0 Å². The van der Waals surface area contributed by atoms with Crippen molar-refractivity contribution in [2.45, 2.75) is 19.4 Å². The Morgan fingerprint density at radius 3 is 3.21 bits per heavy atom. The number of aliphatic hydroxyl groups is 1. The number of fused-ring (bicyclic) bond motifs is 1. The summed E-state index contributed by atoms with van der Waals surface area (Å²) in [5.41, 5.74) is 0.598. The lowest BCUT2D eigenvalue weighted by Gasteiger charge is -2.27. The third kappa shape index (κ3) is 1.32. The molecule has 1 N–H and O–H groups in total. The van der Waals surface area contributed by atoms with Crippen LogP contribution in [0.25, 0.3) is 0 Å². The number of nitrogens with zero attached hydrogens (tertiary/aromatic N) is 1. The molecule has 0 fully saturated rings. The molecule has 1 aliphatic heterocycles. The maximum Gasteiger partial charge on any atom is 0.385 e. The number of hydrogen-bond donors (Lipinski definition) is 1. The molecule has 4 nitrogen and oxygen atoms in total. The molecule has 2 heterocycles. The minimum atomic E-state index is -0.579. The zero-order valence-corrected chi connectivity index (χ0v) is 8.01. The molecule has 0 aliphatic carbocycles. The fourth-order valence-electron chi connectivity index (χ4n) is 1.74. The topological polar surface area (TPSA) is 56.4 Å². The normalized spacial score (nSPS) is 25.3. The molecule has 2 unspecified atom stereocenters. The van der Waals surface area contributed by atoms with Crippen LogP contribution in [0.2, 0.25) is 0 Å². The van der Waals surface area contributed by atoms with E-state index in [4.69, 9.17) is 4.74 Å². The molecule has 0 saturated heterocycles. The average Bonchev–Trinajstić information content (AvgIpc) is 2.20. The number of aromatic nitrogens is 1. The van der Waals surface area contributed by atoms with Crippen LogP contribution in [0.5, 0.6) is 5.88 Å². The van der Waals surface area contributed by atoms with Crippen molar-refractivity contribution in [2.24, 2.45) is 5.92 Å². The summed E-state index contributed by atoms with van der Waals surface area (Å²) in [6.45, 7) is 2.41. The molecule has 1 aromatic heterocycles. The van der Waals surface area contributed by atoms with Crippen molar-refractivity contribution in [1.82, 2.24) is 0 Å². The molecule has 1 aromatic rings. The molecule has 1 aliphatic rings. The summed E-state index contributed by atoms with van der Waals surface area (Å²) in [7, 11) is 0. The van der Waals surface area contributed by atoms with Crippen molar-refractivity contribution >= 4 is 0 Å². The zero-order chi connectivity index (χ0) is 10.1. The first-order valence-electron chi connectivity index (χ1n) is 4.77. The summed E-state index contributed by atoms with van der Waals surface area (Å²) in [5.74, 6) is 0.328. The Labute approximate surface area is 82.3 Å². The number of rotatable bonds is 1. The molecule has 0 spiro atoms. The van der Waals surface area contributed by atoms with Crippen LogP contribution < -0.4 is 9.47 Å². The third-order valence-corrected chi connectivity index (χ3v) is 2.67. The van der Waals surface area contributed by atoms with Crippen molar-refractivity contribution in [3.63, 3.8) is 0 Å². The number of hydrogen-bond acceptors (Lipinski definition) is 3. The highest BCUT2D eigenvalue weighted by Crippen LogP contribution is 2.33. The van der Waals surface area contributed by atoms with Gasteiger partial charge in [0.25, 0.3) is 0 Å². The highest BCUT2D eigenvalue weighted by molar-refractivity contribution is 5.26. The molecular formula is C10H13NO3. The monoisotopic (exact) mass is 195 g/mol. The SMILES string of the molecule is CCC1COc2c(ccc[n+]2[O-])C1O. The van der Waals surface area contributed by atoms with Crippen LogP contribution in [-0.2, 0) is 0 Å². The van der Waals surface area contributed by atoms with E-state index in [0.717, 1.165) is 6.42 Å². The van der Waals surface area contributed by atoms with Crippen LogP contribution in [0.4, 0.5) is 0 Å². The minimum Gasteiger partial charge on any atom is -0.616 e. The van der Waals surface area contributed by atoms with E-state index in [-0.39, 0.29) is 11.8 Å². The molecule has 0 bridgehead atoms. The van der Waals surface area contributed by atoms with Crippen molar-refractivity contribution in [2.75, 3.05) is 6.61 Å². The molecule has 0 radical (unpaired) electrons. The van der Waals surface area contributed by atoms with E-state index in [1.54, 1.807) is 12.1 Å². The summed E-state index contributed by atoms with van der Waals surface area (Å²) in [6, 6.07) is 3.35. The summed E-state index contributed by atoms with van der Waals surface area (Å²) >= 11 is 0. The van der Waals surface area contributed by atoms with Gasteiger partial charge in [-0.1, -0.05) is 6.92 Å². The van der Waals surface area contributed by atoms with Gasteiger partial charge in [-0.25, -0.2) is 0 Å². The fraction of sp³-hybridized carbons (Fsp3) is 0.500. The van der Waals surface area contributed by atoms with E-state index in [1.807, 2.05) is 6.92 Å². The standard InChI is InChI=1S/C10H13NO3/c1-2-7-6-14-10-8(9(7)12)4-3-5-11(10)13/h3-5,7,9,12H,2,6H2,1H3. The summed E-state index contributed by atoms with van der Waals surface area (Å²) in [4.78, 5) is 0. The first kappa shape index (κ1) is 9.27. The molecule has 4 heteroatoms. The summed E-state index contributed by atoms with van der Waals surface area (Å²) < 4.78 is 5.98. The Bertz CT molecular complexity index is 340. The van der Waals surface area contributed by atoms with Crippen molar-refractivity contribution in [3.05, 3.63) is 29.1 Å². The van der Waals surface area contributed by atoms with E-state index < -0.39 is 6.10 Å². The maximum atomic E-state index is 11.3. The van der Waals surface area contributed by atoms with E-state index in [0.29, 0.717) is 16.9 Å². The Hall–Kier alpha value is -1.29. The highest BCUT2D eigenvalue weighted by Gasteiger charge is 2.32. The van der Waals surface area contributed by atoms with Gasteiger partial charge >= 0.3 is 5.88 Å². The van der Waals surface area contributed by atoms with E-state index in [2.05, 4.69) is 0 Å². The molecule has 0 saturated carbocycles. The van der Waals surface area contributed by atoms with Crippen molar-refractivity contribution in [1.29, 1.82) is 0 Å². The second-order valence-corrected chi connectivity index (χ2v) is 3.52. The van der Waals surface area contributed by atoms with Gasteiger partial charge in [0.1, 0.15) is 0 Å². The number of pyridine rings is 1. The molecule has 2 rings (SSSR count). The van der Waals surface area contributed by atoms with Crippen LogP contribution in [0.1, 0.15) is 25.0 Å². The van der Waals surface area contributed by atoms with Gasteiger partial charge in [-0.2, -0.15) is 0 Å². The van der Waals surface area contributed by atoms with Crippen molar-refractivity contribution < 1.29 is 14.6 Å². The first-order valence-corrected chi connectivity index (χ1v) is 4.77. The van der Waals surface area contributed by atoms with Crippen LogP contribution in [0.3, 0.4) is 0 Å². The Morgan fingerprint density at radius 1 is 1.71 bits per heavy atom. The molecule has 76 valence electrons. The van der Waals surface area contributed by atoms with Crippen LogP contribution >= 0.6 is 0 Å². The molecular weight excluding hydrogens is 182 g/mol. The second-order valence-electron chi connectivity index (χ2n) is 3.52. The summed E-state index contributed by atoms with van der Waals surface area (Å²) in [5, 5.41) is 21.2. The second kappa shape index (κ2) is 3.46. The van der Waals surface area contributed by atoms with E-state index >= 15 is 0 Å². The largest absolute Gasteiger partial charge is 0.616 e. The highest BCUT2D eigenvalue weighted by atomic mass is 16.6. The van der Waals surface area contributed by atoms with Crippen molar-refractivity contribution in [3.8, 4) is 5.88 Å². The van der Waals surface area contributed by atoms with Gasteiger partial charge < -0.3 is 15.1 Å². The molecule has 2 atom stereocenters. The minimum absolute atomic E-state index is 0.0879. The van der Waals surface area contributed by atoms with Gasteiger partial charge in [0, 0.05) is 12.0 Å². The van der Waals surface area contributed by atoms with Gasteiger partial charge in [-0.05, 0) is 12.5 Å². The smallest absolute Gasteiger partial charge is 0.385 e. The van der Waals surface area contributed by atoms with Gasteiger partial charge in [0.15, 0.2) is 6.20 Å². The van der Waals surface area contributed by atoms with E-state index in [9.17, 15) is 10.3 Å². The summed E-state index contributed by atoms with van der Waals surface area (Å²) in [6.07, 6.45) is 1.64. The lowest BCUT2D eigenvalue weighted by Crippen LogP contribution is -2.36. The van der Waals surface area contributed by atoms with Gasteiger partial charge in [-0.15, -0.1) is 4.73 Å². The molecule has 14 heavy (non-hydrogen) atoms. The fourth-order valence-corrected chi connectivity index (χ4v) is 1.74. The Kier molecular flexibility index (Phi) is 2.29. The zero-order valence-electron chi connectivity index (χ0n) is 8.01. The van der Waals surface area contributed by atoms with Crippen LogP contribution in [0, 0.1) is 11.1 Å². The molecule has 0 amide bonds. The van der Waals surface area contributed by atoms with Crippen LogP contribution in [-0.4, -0.2) is 11.7 Å². The lowest BCUT2D eigenvalue weighted by atomic mass is 9.93.